The molecule has 0 fully saturated rings. The molecule has 0 aliphatic rings. The zero-order chi connectivity index (χ0) is 10.4. The van der Waals surface area contributed by atoms with Gasteiger partial charge in [0, 0.05) is 12.3 Å². The third kappa shape index (κ3) is 6.56. The van der Waals surface area contributed by atoms with E-state index in [1.807, 2.05) is 13.8 Å². The summed E-state index contributed by atoms with van der Waals surface area (Å²) in [5, 5.41) is 0. The van der Waals surface area contributed by atoms with Crippen molar-refractivity contribution in [1.82, 2.24) is 0 Å². The molecular formula is C12H22O. The second-order valence-electron chi connectivity index (χ2n) is 4.48. The Morgan fingerprint density at radius 1 is 1.23 bits per heavy atom. The molecule has 1 heteroatoms. The lowest BCUT2D eigenvalue weighted by molar-refractivity contribution is -0.121. The smallest absolute Gasteiger partial charge is 0.139 e. The van der Waals surface area contributed by atoms with Gasteiger partial charge in [-0.25, -0.2) is 0 Å². The zero-order valence-electron chi connectivity index (χ0n) is 9.39. The molecule has 1 nitrogen and oxygen atoms in total. The highest BCUT2D eigenvalue weighted by molar-refractivity contribution is 5.82. The second-order valence-corrected chi connectivity index (χ2v) is 4.48. The van der Waals surface area contributed by atoms with Gasteiger partial charge in [0.25, 0.3) is 0 Å². The molecule has 0 radical (unpaired) electrons. The van der Waals surface area contributed by atoms with E-state index < -0.39 is 0 Å². The van der Waals surface area contributed by atoms with E-state index in [1.54, 1.807) is 0 Å². The van der Waals surface area contributed by atoms with Crippen molar-refractivity contribution in [2.75, 3.05) is 0 Å². The lowest BCUT2D eigenvalue weighted by Crippen LogP contribution is -2.07. The molecule has 0 aromatic rings. The van der Waals surface area contributed by atoms with Crippen LogP contribution in [0.15, 0.2) is 12.2 Å². The summed E-state index contributed by atoms with van der Waals surface area (Å²) in [5.74, 6) is 1.16. The summed E-state index contributed by atoms with van der Waals surface area (Å²) in [6.07, 6.45) is 2.71. The predicted octanol–water partition coefficient (Wildman–Crippen LogP) is 3.59. The minimum absolute atomic E-state index is 0.149. The normalized spacial score (nSPS) is 10.9. The largest absolute Gasteiger partial charge is 0.299 e. The van der Waals surface area contributed by atoms with E-state index in [1.165, 1.54) is 0 Å². The van der Waals surface area contributed by atoms with E-state index in [0.29, 0.717) is 18.1 Å². The number of hydrogen-bond donors (Lipinski definition) is 0. The molecule has 0 spiro atoms. The first-order valence-corrected chi connectivity index (χ1v) is 5.12. The van der Waals surface area contributed by atoms with Crippen molar-refractivity contribution in [2.45, 2.75) is 47.0 Å². The van der Waals surface area contributed by atoms with Gasteiger partial charge in [0.05, 0.1) is 0 Å². The first kappa shape index (κ1) is 12.4. The van der Waals surface area contributed by atoms with Crippen LogP contribution in [0.3, 0.4) is 0 Å². The van der Waals surface area contributed by atoms with Crippen LogP contribution in [-0.2, 0) is 4.79 Å². The zero-order valence-corrected chi connectivity index (χ0v) is 9.39. The number of carbonyl (C=O) groups is 1. The average molecular weight is 182 g/mol. The lowest BCUT2D eigenvalue weighted by Gasteiger charge is -2.08. The number of rotatable bonds is 6. The average Bonchev–Trinajstić information content (AvgIpc) is 2.00. The third-order valence-corrected chi connectivity index (χ3v) is 2.14. The van der Waals surface area contributed by atoms with Gasteiger partial charge in [-0.15, -0.1) is 0 Å². The number of ketones is 1. The van der Waals surface area contributed by atoms with Crippen molar-refractivity contribution >= 4 is 5.78 Å². The van der Waals surface area contributed by atoms with Crippen molar-refractivity contribution in [3.63, 3.8) is 0 Å². The molecule has 0 heterocycles. The van der Waals surface area contributed by atoms with E-state index in [4.69, 9.17) is 0 Å². The van der Waals surface area contributed by atoms with E-state index in [0.717, 1.165) is 18.4 Å². The van der Waals surface area contributed by atoms with Crippen molar-refractivity contribution < 1.29 is 4.79 Å². The SMILES string of the molecule is C=C(CCC(C)C)CC(=O)C(C)C. The Hall–Kier alpha value is -0.590. The fourth-order valence-electron chi connectivity index (χ4n) is 1.03. The Balaban J connectivity index is 3.69. The van der Waals surface area contributed by atoms with Crippen LogP contribution < -0.4 is 0 Å². The van der Waals surface area contributed by atoms with E-state index in [2.05, 4.69) is 20.4 Å². The summed E-state index contributed by atoms with van der Waals surface area (Å²) in [6.45, 7) is 12.2. The van der Waals surface area contributed by atoms with Crippen LogP contribution in [0.4, 0.5) is 0 Å². The van der Waals surface area contributed by atoms with Gasteiger partial charge in [-0.2, -0.15) is 0 Å². The molecule has 0 N–H and O–H groups in total. The van der Waals surface area contributed by atoms with Crippen molar-refractivity contribution in [2.24, 2.45) is 11.8 Å². The van der Waals surface area contributed by atoms with Gasteiger partial charge in [-0.05, 0) is 18.8 Å². The molecule has 0 amide bonds. The molecular weight excluding hydrogens is 160 g/mol. The highest BCUT2D eigenvalue weighted by Gasteiger charge is 2.08. The van der Waals surface area contributed by atoms with E-state index in [9.17, 15) is 4.79 Å². The first-order valence-electron chi connectivity index (χ1n) is 5.12. The van der Waals surface area contributed by atoms with Gasteiger partial charge in [-0.3, -0.25) is 4.79 Å². The highest BCUT2D eigenvalue weighted by atomic mass is 16.1. The molecule has 76 valence electrons. The van der Waals surface area contributed by atoms with Crippen LogP contribution >= 0.6 is 0 Å². The van der Waals surface area contributed by atoms with Crippen LogP contribution in [0.1, 0.15) is 47.0 Å². The maximum Gasteiger partial charge on any atom is 0.139 e. The van der Waals surface area contributed by atoms with Gasteiger partial charge >= 0.3 is 0 Å². The lowest BCUT2D eigenvalue weighted by atomic mass is 9.97. The standard InChI is InChI=1S/C12H22O/c1-9(2)6-7-11(5)8-12(13)10(3)4/h9-10H,5-8H2,1-4H3. The van der Waals surface area contributed by atoms with Crippen molar-refractivity contribution in [3.8, 4) is 0 Å². The molecule has 0 atom stereocenters. The van der Waals surface area contributed by atoms with Crippen LogP contribution in [0.2, 0.25) is 0 Å². The summed E-state index contributed by atoms with van der Waals surface area (Å²) in [5.41, 5.74) is 1.09. The van der Waals surface area contributed by atoms with Gasteiger partial charge in [0.15, 0.2) is 0 Å². The number of Topliss-reactive ketones (excluding diaryl/α,β-unsaturated/α-hetero) is 1. The fourth-order valence-corrected chi connectivity index (χ4v) is 1.03. The van der Waals surface area contributed by atoms with Crippen LogP contribution in [0, 0.1) is 11.8 Å². The minimum Gasteiger partial charge on any atom is -0.299 e. The van der Waals surface area contributed by atoms with Crippen molar-refractivity contribution in [3.05, 3.63) is 12.2 Å². The number of carbonyl (C=O) groups excluding carboxylic acids is 1. The summed E-state index contributed by atoms with van der Waals surface area (Å²) >= 11 is 0. The maximum absolute atomic E-state index is 11.3. The second kappa shape index (κ2) is 5.95. The predicted molar refractivity (Wildman–Crippen MR) is 57.7 cm³/mol. The summed E-state index contributed by atoms with van der Waals surface area (Å²) < 4.78 is 0. The Morgan fingerprint density at radius 2 is 1.77 bits per heavy atom. The van der Waals surface area contributed by atoms with Gasteiger partial charge in [-0.1, -0.05) is 39.8 Å². The Kier molecular flexibility index (Phi) is 5.68. The summed E-state index contributed by atoms with van der Waals surface area (Å²) in [4.78, 5) is 11.3. The molecule has 0 rings (SSSR count). The molecule has 13 heavy (non-hydrogen) atoms. The molecule has 0 aromatic heterocycles. The van der Waals surface area contributed by atoms with Crippen LogP contribution in [-0.4, -0.2) is 5.78 Å². The maximum atomic E-state index is 11.3. The third-order valence-electron chi connectivity index (χ3n) is 2.14. The Bertz CT molecular complexity index is 178. The molecule has 0 bridgehead atoms. The van der Waals surface area contributed by atoms with Crippen LogP contribution in [0.5, 0.6) is 0 Å². The van der Waals surface area contributed by atoms with Gasteiger partial charge in [0.2, 0.25) is 0 Å². The molecule has 0 unspecified atom stereocenters. The van der Waals surface area contributed by atoms with Gasteiger partial charge in [0.1, 0.15) is 5.78 Å². The number of hydrogen-bond acceptors (Lipinski definition) is 1. The summed E-state index contributed by atoms with van der Waals surface area (Å²) in [7, 11) is 0. The molecule has 0 aliphatic carbocycles. The molecule has 0 saturated heterocycles. The Morgan fingerprint density at radius 3 is 2.15 bits per heavy atom. The van der Waals surface area contributed by atoms with Crippen molar-refractivity contribution in [1.29, 1.82) is 0 Å². The minimum atomic E-state index is 0.149. The van der Waals surface area contributed by atoms with Gasteiger partial charge < -0.3 is 0 Å². The molecule has 0 saturated carbocycles. The molecule has 0 aliphatic heterocycles. The first-order chi connectivity index (χ1) is 5.93. The fraction of sp³-hybridized carbons (Fsp3) is 0.750. The van der Waals surface area contributed by atoms with Crippen LogP contribution in [0.25, 0.3) is 0 Å². The van der Waals surface area contributed by atoms with E-state index in [-0.39, 0.29) is 5.92 Å². The number of allylic oxidation sites excluding steroid dienone is 1. The topological polar surface area (TPSA) is 17.1 Å². The monoisotopic (exact) mass is 182 g/mol. The molecule has 0 aromatic carbocycles. The highest BCUT2D eigenvalue weighted by Crippen LogP contribution is 2.14. The van der Waals surface area contributed by atoms with E-state index >= 15 is 0 Å². The quantitative estimate of drug-likeness (QED) is 0.574. The Labute approximate surface area is 82.2 Å². The summed E-state index contributed by atoms with van der Waals surface area (Å²) in [6, 6.07) is 0.